The number of carbonyl (C=O) groups excluding carboxylic acids is 1. The summed E-state index contributed by atoms with van der Waals surface area (Å²) in [6, 6.07) is 16.6. The molecule has 2 aliphatic heterocycles. The third-order valence-corrected chi connectivity index (χ3v) is 7.78. The van der Waals surface area contributed by atoms with E-state index in [9.17, 15) is 4.79 Å². The lowest BCUT2D eigenvalue weighted by molar-refractivity contribution is 0.0786. The van der Waals surface area contributed by atoms with Gasteiger partial charge in [-0.05, 0) is 57.0 Å². The second-order valence-electron chi connectivity index (χ2n) is 10.9. The lowest BCUT2D eigenvalue weighted by Gasteiger charge is -2.44. The average Bonchev–Trinajstić information content (AvgIpc) is 3.38. The highest BCUT2D eigenvalue weighted by atomic mass is 16.5. The van der Waals surface area contributed by atoms with E-state index in [-0.39, 0.29) is 5.91 Å². The number of anilines is 1. The summed E-state index contributed by atoms with van der Waals surface area (Å²) < 4.78 is 6.20. The SMILES string of the molecule is CN(C)CCN(C)C(=O)c1ccc(-c2[nH]nc3ncc(-c4ccc5c(c4)OCC4CN(C)CCN54)cc23)cc1. The number of likely N-dealkylation sites (N-methyl/N-ethyl adjacent to an activating group) is 3. The maximum atomic E-state index is 12.8. The Morgan fingerprint density at radius 1 is 1.03 bits per heavy atom. The van der Waals surface area contributed by atoms with Crippen LogP contribution in [0.4, 0.5) is 5.69 Å². The van der Waals surface area contributed by atoms with Crippen LogP contribution in [0.5, 0.6) is 5.75 Å². The molecular weight excluding hydrogens is 490 g/mol. The summed E-state index contributed by atoms with van der Waals surface area (Å²) in [5.41, 5.74) is 6.40. The van der Waals surface area contributed by atoms with Crippen LogP contribution in [0.15, 0.2) is 54.7 Å². The van der Waals surface area contributed by atoms with Crippen molar-refractivity contribution in [2.24, 2.45) is 0 Å². The van der Waals surface area contributed by atoms with E-state index in [2.05, 4.69) is 61.2 Å². The maximum absolute atomic E-state index is 12.8. The molecular formula is C30H35N7O2. The summed E-state index contributed by atoms with van der Waals surface area (Å²) in [5, 5.41) is 8.51. The first kappa shape index (κ1) is 25.3. The summed E-state index contributed by atoms with van der Waals surface area (Å²) in [7, 11) is 8.02. The lowest BCUT2D eigenvalue weighted by Crippen LogP contribution is -2.56. The molecule has 1 amide bonds. The van der Waals surface area contributed by atoms with Gasteiger partial charge < -0.3 is 24.3 Å². The highest BCUT2D eigenvalue weighted by Crippen LogP contribution is 2.39. The Bertz CT molecular complexity index is 1500. The van der Waals surface area contributed by atoms with Crippen molar-refractivity contribution < 1.29 is 9.53 Å². The minimum absolute atomic E-state index is 0.0133. The first-order valence-electron chi connectivity index (χ1n) is 13.4. The Kier molecular flexibility index (Phi) is 6.70. The van der Waals surface area contributed by atoms with Gasteiger partial charge in [0.2, 0.25) is 0 Å². The van der Waals surface area contributed by atoms with E-state index < -0.39 is 0 Å². The van der Waals surface area contributed by atoms with Gasteiger partial charge in [0.25, 0.3) is 5.91 Å². The van der Waals surface area contributed by atoms with Crippen LogP contribution in [0.1, 0.15) is 10.4 Å². The molecule has 4 aromatic rings. The molecule has 0 radical (unpaired) electrons. The third kappa shape index (κ3) is 4.95. The van der Waals surface area contributed by atoms with Gasteiger partial charge in [0.05, 0.1) is 17.4 Å². The molecule has 0 bridgehead atoms. The molecule has 202 valence electrons. The predicted molar refractivity (Wildman–Crippen MR) is 154 cm³/mol. The number of piperazine rings is 1. The molecule has 39 heavy (non-hydrogen) atoms. The van der Waals surface area contributed by atoms with Crippen LogP contribution in [0.25, 0.3) is 33.4 Å². The molecule has 0 saturated carbocycles. The molecule has 9 heteroatoms. The third-order valence-electron chi connectivity index (χ3n) is 7.78. The Labute approximate surface area is 229 Å². The van der Waals surface area contributed by atoms with Gasteiger partial charge in [0, 0.05) is 68.0 Å². The number of benzene rings is 2. The number of nitrogens with one attached hydrogen (secondary N) is 1. The Morgan fingerprint density at radius 2 is 1.82 bits per heavy atom. The number of nitrogens with zero attached hydrogens (tertiary/aromatic N) is 6. The monoisotopic (exact) mass is 525 g/mol. The molecule has 9 nitrogen and oxygen atoms in total. The molecule has 1 atom stereocenters. The number of fused-ring (bicyclic) bond motifs is 4. The van der Waals surface area contributed by atoms with Crippen LogP contribution < -0.4 is 9.64 Å². The normalized spacial score (nSPS) is 17.2. The second kappa shape index (κ2) is 10.3. The van der Waals surface area contributed by atoms with Gasteiger partial charge in [-0.15, -0.1) is 0 Å². The molecule has 1 unspecified atom stereocenters. The predicted octanol–water partition coefficient (Wildman–Crippen LogP) is 3.44. The van der Waals surface area contributed by atoms with Crippen molar-refractivity contribution in [3.63, 3.8) is 0 Å². The van der Waals surface area contributed by atoms with E-state index in [1.807, 2.05) is 51.6 Å². The second-order valence-corrected chi connectivity index (χ2v) is 10.9. The molecule has 4 heterocycles. The number of aromatic nitrogens is 3. The van der Waals surface area contributed by atoms with E-state index in [4.69, 9.17) is 4.74 Å². The molecule has 6 rings (SSSR count). The molecule has 1 fully saturated rings. The zero-order chi connectivity index (χ0) is 27.1. The number of pyridine rings is 1. The maximum Gasteiger partial charge on any atom is 0.253 e. The molecule has 1 saturated heterocycles. The minimum Gasteiger partial charge on any atom is -0.489 e. The van der Waals surface area contributed by atoms with Gasteiger partial charge in [0.15, 0.2) is 5.65 Å². The number of rotatable bonds is 6. The number of aromatic amines is 1. The van der Waals surface area contributed by atoms with Crippen LogP contribution in [0.2, 0.25) is 0 Å². The van der Waals surface area contributed by atoms with Crippen LogP contribution in [-0.2, 0) is 0 Å². The molecule has 2 aliphatic rings. The van der Waals surface area contributed by atoms with Crippen molar-refractivity contribution in [1.29, 1.82) is 0 Å². The molecule has 0 aliphatic carbocycles. The highest BCUT2D eigenvalue weighted by molar-refractivity contribution is 5.96. The molecule has 0 spiro atoms. The van der Waals surface area contributed by atoms with Crippen molar-refractivity contribution in [2.75, 3.05) is 72.4 Å². The fourth-order valence-electron chi connectivity index (χ4n) is 5.43. The molecule has 2 aromatic heterocycles. The number of amides is 1. The van der Waals surface area contributed by atoms with E-state index in [1.54, 1.807) is 4.90 Å². The molecule has 2 aromatic carbocycles. The first-order valence-corrected chi connectivity index (χ1v) is 13.4. The summed E-state index contributed by atoms with van der Waals surface area (Å²) in [5.74, 6) is 0.941. The largest absolute Gasteiger partial charge is 0.489 e. The van der Waals surface area contributed by atoms with E-state index >= 15 is 0 Å². The van der Waals surface area contributed by atoms with Gasteiger partial charge in [-0.1, -0.05) is 18.2 Å². The van der Waals surface area contributed by atoms with Crippen LogP contribution in [-0.4, -0.2) is 109 Å². The summed E-state index contributed by atoms with van der Waals surface area (Å²) in [6.45, 7) is 5.30. The summed E-state index contributed by atoms with van der Waals surface area (Å²) in [4.78, 5) is 26.1. The standard InChI is InChI=1S/C30H35N7O2/c1-34(2)11-13-36(4)30(38)21-7-5-20(6-8-21)28-25-15-23(17-31-29(25)33-32-28)22-9-10-26-27(16-22)39-19-24-18-35(3)12-14-37(24)26/h5-10,15-17,24H,11-14,18-19H2,1-4H3,(H,31,32,33). The quantitative estimate of drug-likeness (QED) is 0.413. The van der Waals surface area contributed by atoms with Crippen molar-refractivity contribution >= 4 is 22.6 Å². The number of ether oxygens (including phenoxy) is 1. The number of H-pyrrole nitrogens is 1. The van der Waals surface area contributed by atoms with Gasteiger partial charge in [-0.2, -0.15) is 5.10 Å². The van der Waals surface area contributed by atoms with E-state index in [1.165, 1.54) is 5.69 Å². The van der Waals surface area contributed by atoms with Crippen LogP contribution in [0.3, 0.4) is 0 Å². The summed E-state index contributed by atoms with van der Waals surface area (Å²) >= 11 is 0. The van der Waals surface area contributed by atoms with Crippen LogP contribution >= 0.6 is 0 Å². The Morgan fingerprint density at radius 3 is 2.62 bits per heavy atom. The van der Waals surface area contributed by atoms with E-state index in [0.29, 0.717) is 30.4 Å². The number of hydrogen-bond donors (Lipinski definition) is 1. The zero-order valence-electron chi connectivity index (χ0n) is 23.0. The minimum atomic E-state index is 0.0133. The van der Waals surface area contributed by atoms with Gasteiger partial charge in [0.1, 0.15) is 12.4 Å². The Hall–Kier alpha value is -3.95. The van der Waals surface area contributed by atoms with Gasteiger partial charge >= 0.3 is 0 Å². The number of hydrogen-bond acceptors (Lipinski definition) is 7. The molecule has 1 N–H and O–H groups in total. The van der Waals surface area contributed by atoms with Crippen molar-refractivity contribution in [2.45, 2.75) is 6.04 Å². The van der Waals surface area contributed by atoms with Crippen LogP contribution in [0, 0.1) is 0 Å². The van der Waals surface area contributed by atoms with Crippen molar-refractivity contribution in [3.8, 4) is 28.1 Å². The van der Waals surface area contributed by atoms with E-state index in [0.717, 1.165) is 59.7 Å². The van der Waals surface area contributed by atoms with Crippen molar-refractivity contribution in [1.82, 2.24) is 29.9 Å². The topological polar surface area (TPSA) is 80.8 Å². The zero-order valence-corrected chi connectivity index (χ0v) is 23.0. The fourth-order valence-corrected chi connectivity index (χ4v) is 5.43. The summed E-state index contributed by atoms with van der Waals surface area (Å²) in [6.07, 6.45) is 1.86. The Balaban J connectivity index is 1.25. The highest BCUT2D eigenvalue weighted by Gasteiger charge is 2.31. The number of carbonyl (C=O) groups is 1. The van der Waals surface area contributed by atoms with Gasteiger partial charge in [-0.3, -0.25) is 9.89 Å². The first-order chi connectivity index (χ1) is 18.9. The lowest BCUT2D eigenvalue weighted by atomic mass is 10.0. The van der Waals surface area contributed by atoms with Gasteiger partial charge in [-0.25, -0.2) is 4.98 Å². The smallest absolute Gasteiger partial charge is 0.253 e. The van der Waals surface area contributed by atoms with Crippen molar-refractivity contribution in [3.05, 3.63) is 60.3 Å². The average molecular weight is 526 g/mol. The fraction of sp³-hybridized carbons (Fsp3) is 0.367.